The highest BCUT2D eigenvalue weighted by Gasteiger charge is 2.28. The van der Waals surface area contributed by atoms with E-state index in [1.54, 1.807) is 6.20 Å². The van der Waals surface area contributed by atoms with Crippen LogP contribution in [0.4, 0.5) is 5.69 Å². The predicted molar refractivity (Wildman–Crippen MR) is 110 cm³/mol. The van der Waals surface area contributed by atoms with Crippen LogP contribution in [0.2, 0.25) is 0 Å². The van der Waals surface area contributed by atoms with Gasteiger partial charge in [0.1, 0.15) is 5.84 Å². The van der Waals surface area contributed by atoms with Crippen LogP contribution in [0.25, 0.3) is 0 Å². The third kappa shape index (κ3) is 4.53. The lowest BCUT2D eigenvalue weighted by Crippen LogP contribution is -2.43. The molecule has 0 saturated carbocycles. The molecule has 1 atom stereocenters. The number of nitrogens with one attached hydrogen (secondary N) is 3. The van der Waals surface area contributed by atoms with Crippen molar-refractivity contribution in [3.8, 4) is 0 Å². The minimum atomic E-state index is 0.137. The molecule has 1 aromatic carbocycles. The number of nitrogens with two attached hydrogens (primary N) is 1. The minimum absolute atomic E-state index is 0.137. The van der Waals surface area contributed by atoms with Gasteiger partial charge in [-0.25, -0.2) is 0 Å². The van der Waals surface area contributed by atoms with Crippen LogP contribution in [0.3, 0.4) is 0 Å². The first-order valence-electron chi connectivity index (χ1n) is 9.77. The van der Waals surface area contributed by atoms with Crippen molar-refractivity contribution in [1.82, 2.24) is 15.6 Å². The summed E-state index contributed by atoms with van der Waals surface area (Å²) in [4.78, 5) is 14.9. The van der Waals surface area contributed by atoms with Crippen LogP contribution in [-0.4, -0.2) is 42.3 Å². The van der Waals surface area contributed by atoms with Gasteiger partial charge in [-0.3, -0.25) is 4.79 Å². The van der Waals surface area contributed by atoms with Gasteiger partial charge in [-0.2, -0.15) is 5.10 Å². The van der Waals surface area contributed by atoms with Gasteiger partial charge >= 0.3 is 0 Å². The lowest BCUT2D eigenvalue weighted by molar-refractivity contribution is 0.0666. The maximum atomic E-state index is 12.9. The molecular weight excluding hydrogens is 340 g/mol. The molecule has 0 fully saturated rings. The summed E-state index contributed by atoms with van der Waals surface area (Å²) in [7, 11) is 0. The first-order valence-corrected chi connectivity index (χ1v) is 9.77. The van der Waals surface area contributed by atoms with Gasteiger partial charge in [0, 0.05) is 48.7 Å². The summed E-state index contributed by atoms with van der Waals surface area (Å²) >= 11 is 0. The van der Waals surface area contributed by atoms with Gasteiger partial charge in [0.25, 0.3) is 5.91 Å². The number of rotatable bonds is 7. The van der Waals surface area contributed by atoms with Gasteiger partial charge in [-0.15, -0.1) is 0 Å². The molecule has 0 spiro atoms. The van der Waals surface area contributed by atoms with Crippen molar-refractivity contribution in [3.63, 3.8) is 0 Å². The molecular formula is C20H30N6O. The first kappa shape index (κ1) is 19.1. The average Bonchev–Trinajstić information content (AvgIpc) is 3.19. The summed E-state index contributed by atoms with van der Waals surface area (Å²) in [5, 5.41) is 10.6. The fourth-order valence-corrected chi connectivity index (χ4v) is 3.62. The van der Waals surface area contributed by atoms with Gasteiger partial charge in [-0.1, -0.05) is 19.4 Å². The Morgan fingerprint density at radius 3 is 3.04 bits per heavy atom. The Kier molecular flexibility index (Phi) is 6.21. The molecule has 146 valence electrons. The highest BCUT2D eigenvalue weighted by Crippen LogP contribution is 2.28. The Labute approximate surface area is 161 Å². The molecule has 1 aromatic rings. The normalized spacial score (nSPS) is 17.9. The van der Waals surface area contributed by atoms with Crippen LogP contribution in [-0.2, 0) is 6.42 Å². The average molecular weight is 371 g/mol. The summed E-state index contributed by atoms with van der Waals surface area (Å²) in [6, 6.07) is 6.16. The summed E-state index contributed by atoms with van der Waals surface area (Å²) in [6.07, 6.45) is 5.63. The molecule has 2 heterocycles. The van der Waals surface area contributed by atoms with E-state index >= 15 is 0 Å². The van der Waals surface area contributed by atoms with Crippen LogP contribution in [0.5, 0.6) is 0 Å². The van der Waals surface area contributed by atoms with Crippen molar-refractivity contribution >= 4 is 17.4 Å². The molecule has 3 rings (SSSR count). The Balaban J connectivity index is 1.65. The van der Waals surface area contributed by atoms with Crippen molar-refractivity contribution in [2.45, 2.75) is 45.6 Å². The molecule has 0 aromatic heterocycles. The standard InChI is InChI=1S/C20H30N6O/c1-3-5-14(2)26-11-9-16-17(20(26)27)6-4-7-18(16)22-12-15(21)13-23-19-8-10-24-25-19/h4,6-7,13-14,22,24H,3,5,8-12,21H2,1-2H3,(H,23,25)/b15-13-. The second-order valence-corrected chi connectivity index (χ2v) is 7.15. The van der Waals surface area contributed by atoms with Gasteiger partial charge in [0.15, 0.2) is 0 Å². The number of carbonyl (C=O) groups excluding carboxylic acids is 1. The number of hydrogen-bond donors (Lipinski definition) is 4. The number of amides is 1. The topological polar surface area (TPSA) is 94.8 Å². The maximum Gasteiger partial charge on any atom is 0.254 e. The first-order chi connectivity index (χ1) is 13.1. The van der Waals surface area contributed by atoms with E-state index in [2.05, 4.69) is 35.0 Å². The van der Waals surface area contributed by atoms with Crippen LogP contribution >= 0.6 is 0 Å². The highest BCUT2D eigenvalue weighted by atomic mass is 16.2. The van der Waals surface area contributed by atoms with E-state index in [0.717, 1.165) is 61.4 Å². The number of benzene rings is 1. The van der Waals surface area contributed by atoms with E-state index in [0.29, 0.717) is 12.2 Å². The Morgan fingerprint density at radius 1 is 1.44 bits per heavy atom. The molecule has 2 aliphatic heterocycles. The monoisotopic (exact) mass is 370 g/mol. The third-order valence-corrected chi connectivity index (χ3v) is 5.10. The van der Waals surface area contributed by atoms with Crippen molar-refractivity contribution in [3.05, 3.63) is 41.2 Å². The fraction of sp³-hybridized carbons (Fsp3) is 0.500. The number of anilines is 1. The molecule has 2 aliphatic rings. The lowest BCUT2D eigenvalue weighted by Gasteiger charge is -2.34. The number of fused-ring (bicyclic) bond motifs is 1. The van der Waals surface area contributed by atoms with Gasteiger partial charge in [0.05, 0.1) is 6.54 Å². The summed E-state index contributed by atoms with van der Waals surface area (Å²) in [5.41, 5.74) is 12.6. The fourth-order valence-electron chi connectivity index (χ4n) is 3.62. The van der Waals surface area contributed by atoms with E-state index in [4.69, 9.17) is 5.73 Å². The van der Waals surface area contributed by atoms with E-state index in [1.165, 1.54) is 0 Å². The van der Waals surface area contributed by atoms with Crippen molar-refractivity contribution in [1.29, 1.82) is 0 Å². The molecule has 0 aliphatic carbocycles. The van der Waals surface area contributed by atoms with Crippen LogP contribution in [0.15, 0.2) is 35.2 Å². The summed E-state index contributed by atoms with van der Waals surface area (Å²) in [6.45, 7) is 6.42. The number of nitrogens with zero attached hydrogens (tertiary/aromatic N) is 2. The van der Waals surface area contributed by atoms with Crippen LogP contribution in [0, 0.1) is 0 Å². The third-order valence-electron chi connectivity index (χ3n) is 5.10. The Morgan fingerprint density at radius 2 is 2.30 bits per heavy atom. The number of hydrogen-bond acceptors (Lipinski definition) is 6. The van der Waals surface area contributed by atoms with E-state index in [-0.39, 0.29) is 11.9 Å². The molecule has 7 nitrogen and oxygen atoms in total. The second kappa shape index (κ2) is 8.79. The lowest BCUT2D eigenvalue weighted by atomic mass is 9.95. The second-order valence-electron chi connectivity index (χ2n) is 7.15. The number of hydrazone groups is 1. The molecule has 7 heteroatoms. The summed E-state index contributed by atoms with van der Waals surface area (Å²) in [5.74, 6) is 1.03. The molecule has 1 unspecified atom stereocenters. The van der Waals surface area contributed by atoms with Crippen molar-refractivity contribution in [2.24, 2.45) is 10.8 Å². The zero-order chi connectivity index (χ0) is 19.2. The van der Waals surface area contributed by atoms with Gasteiger partial charge in [0.2, 0.25) is 0 Å². The number of carbonyl (C=O) groups is 1. The molecule has 0 saturated heterocycles. The predicted octanol–water partition coefficient (Wildman–Crippen LogP) is 1.98. The van der Waals surface area contributed by atoms with E-state index in [1.807, 2.05) is 23.1 Å². The quantitative estimate of drug-likeness (QED) is 0.589. The smallest absolute Gasteiger partial charge is 0.254 e. The zero-order valence-corrected chi connectivity index (χ0v) is 16.2. The Bertz CT molecular complexity index is 742. The maximum absolute atomic E-state index is 12.9. The Hall–Kier alpha value is -2.70. The van der Waals surface area contributed by atoms with E-state index in [9.17, 15) is 4.79 Å². The highest BCUT2D eigenvalue weighted by molar-refractivity contribution is 5.98. The zero-order valence-electron chi connectivity index (χ0n) is 16.2. The number of amidine groups is 1. The van der Waals surface area contributed by atoms with Crippen molar-refractivity contribution < 1.29 is 4.79 Å². The minimum Gasteiger partial charge on any atom is -0.399 e. The van der Waals surface area contributed by atoms with Crippen LogP contribution in [0.1, 0.15) is 49.0 Å². The largest absolute Gasteiger partial charge is 0.399 e. The van der Waals surface area contributed by atoms with Crippen molar-refractivity contribution in [2.75, 3.05) is 25.0 Å². The molecule has 27 heavy (non-hydrogen) atoms. The SMILES string of the molecule is CCCC(C)N1CCc2c(NC/C(N)=C/NC3=NNCC3)cccc2C1=O. The molecule has 5 N–H and O–H groups in total. The summed E-state index contributed by atoms with van der Waals surface area (Å²) < 4.78 is 0. The molecule has 0 radical (unpaired) electrons. The van der Waals surface area contributed by atoms with E-state index < -0.39 is 0 Å². The van der Waals surface area contributed by atoms with Crippen LogP contribution < -0.4 is 21.8 Å². The van der Waals surface area contributed by atoms with Gasteiger partial charge in [-0.05, 0) is 37.5 Å². The molecule has 0 bridgehead atoms. The molecule has 1 amide bonds. The van der Waals surface area contributed by atoms with Gasteiger partial charge < -0.3 is 26.7 Å².